The Balaban J connectivity index is 1.73. The quantitative estimate of drug-likeness (QED) is 0.498. The van der Waals surface area contributed by atoms with E-state index in [0.717, 1.165) is 17.0 Å². The second kappa shape index (κ2) is 7.43. The first-order chi connectivity index (χ1) is 11.9. The largest absolute Gasteiger partial charge is 0.423 e. The van der Waals surface area contributed by atoms with Crippen molar-refractivity contribution >= 4 is 5.97 Å². The van der Waals surface area contributed by atoms with Crippen molar-refractivity contribution in [1.82, 2.24) is 0 Å². The monoisotopic (exact) mass is 336 g/mol. The Kier molecular flexibility index (Phi) is 5.27. The summed E-state index contributed by atoms with van der Waals surface area (Å²) in [5.74, 6) is 1.83. The molecule has 2 nitrogen and oxygen atoms in total. The van der Waals surface area contributed by atoms with Gasteiger partial charge in [-0.25, -0.2) is 4.79 Å². The standard InChI is InChI=1S/C23H28O2/c1-15-5-8-19(9-6-15)20-10-12-22(18(4)13-20)23(24)25-21-11-7-16(2)17(3)14-21/h7,10-15,19H,5-6,8-9H2,1-4H3. The molecule has 132 valence electrons. The number of ether oxygens (including phenoxy) is 1. The lowest BCUT2D eigenvalue weighted by molar-refractivity contribution is 0.0734. The third-order valence-corrected chi connectivity index (χ3v) is 5.65. The van der Waals surface area contributed by atoms with Gasteiger partial charge >= 0.3 is 5.97 Å². The predicted molar refractivity (Wildman–Crippen MR) is 102 cm³/mol. The molecular formula is C23H28O2. The fourth-order valence-electron chi connectivity index (χ4n) is 3.70. The van der Waals surface area contributed by atoms with Gasteiger partial charge in [0, 0.05) is 0 Å². The minimum Gasteiger partial charge on any atom is -0.423 e. The number of rotatable bonds is 3. The van der Waals surface area contributed by atoms with Crippen molar-refractivity contribution in [1.29, 1.82) is 0 Å². The third-order valence-electron chi connectivity index (χ3n) is 5.65. The number of carbonyl (C=O) groups is 1. The smallest absolute Gasteiger partial charge is 0.343 e. The molecule has 2 aromatic carbocycles. The van der Waals surface area contributed by atoms with Crippen LogP contribution in [0.4, 0.5) is 0 Å². The summed E-state index contributed by atoms with van der Waals surface area (Å²) in [6, 6.07) is 12.0. The van der Waals surface area contributed by atoms with E-state index in [0.29, 0.717) is 17.2 Å². The summed E-state index contributed by atoms with van der Waals surface area (Å²) < 4.78 is 5.58. The number of esters is 1. The highest BCUT2D eigenvalue weighted by Crippen LogP contribution is 2.36. The van der Waals surface area contributed by atoms with E-state index in [-0.39, 0.29) is 5.97 Å². The number of hydrogen-bond donors (Lipinski definition) is 0. The van der Waals surface area contributed by atoms with Gasteiger partial charge in [0.25, 0.3) is 0 Å². The minimum atomic E-state index is -0.274. The molecule has 1 saturated carbocycles. The lowest BCUT2D eigenvalue weighted by Gasteiger charge is -2.26. The molecule has 0 bridgehead atoms. The van der Waals surface area contributed by atoms with Crippen molar-refractivity contribution in [3.05, 3.63) is 64.2 Å². The zero-order chi connectivity index (χ0) is 18.0. The maximum Gasteiger partial charge on any atom is 0.343 e. The second-order valence-electron chi connectivity index (χ2n) is 7.67. The maximum atomic E-state index is 12.5. The average molecular weight is 336 g/mol. The van der Waals surface area contributed by atoms with Gasteiger partial charge in [-0.1, -0.05) is 38.0 Å². The van der Waals surface area contributed by atoms with Crippen LogP contribution in [-0.2, 0) is 0 Å². The first-order valence-electron chi connectivity index (χ1n) is 9.34. The van der Waals surface area contributed by atoms with Crippen molar-refractivity contribution in [3.8, 4) is 5.75 Å². The maximum absolute atomic E-state index is 12.5. The van der Waals surface area contributed by atoms with E-state index >= 15 is 0 Å². The summed E-state index contributed by atoms with van der Waals surface area (Å²) in [4.78, 5) is 12.5. The van der Waals surface area contributed by atoms with Crippen LogP contribution in [0.15, 0.2) is 36.4 Å². The van der Waals surface area contributed by atoms with Crippen molar-refractivity contribution in [2.75, 3.05) is 0 Å². The normalized spacial score (nSPS) is 20.3. The molecular weight excluding hydrogens is 308 g/mol. The molecule has 0 aromatic heterocycles. The van der Waals surface area contributed by atoms with Gasteiger partial charge in [-0.15, -0.1) is 0 Å². The minimum absolute atomic E-state index is 0.274. The Bertz CT molecular complexity index is 768. The molecule has 3 rings (SSSR count). The van der Waals surface area contributed by atoms with Crippen molar-refractivity contribution in [3.63, 3.8) is 0 Å². The molecule has 0 atom stereocenters. The summed E-state index contributed by atoms with van der Waals surface area (Å²) in [7, 11) is 0. The molecule has 1 aliphatic rings. The molecule has 1 aliphatic carbocycles. The van der Waals surface area contributed by atoms with Gasteiger partial charge in [-0.05, 0) is 85.9 Å². The van der Waals surface area contributed by atoms with Gasteiger partial charge < -0.3 is 4.74 Å². The fraction of sp³-hybridized carbons (Fsp3) is 0.435. The highest BCUT2D eigenvalue weighted by atomic mass is 16.5. The Morgan fingerprint density at radius 1 is 0.880 bits per heavy atom. The van der Waals surface area contributed by atoms with Crippen LogP contribution >= 0.6 is 0 Å². The van der Waals surface area contributed by atoms with Crippen molar-refractivity contribution in [2.24, 2.45) is 5.92 Å². The van der Waals surface area contributed by atoms with E-state index in [4.69, 9.17) is 4.74 Å². The topological polar surface area (TPSA) is 26.3 Å². The Hall–Kier alpha value is -2.09. The molecule has 1 fully saturated rings. The fourth-order valence-corrected chi connectivity index (χ4v) is 3.70. The van der Waals surface area contributed by atoms with E-state index in [1.807, 2.05) is 38.1 Å². The Labute approximate surface area is 151 Å². The van der Waals surface area contributed by atoms with Gasteiger partial charge in [0.05, 0.1) is 5.56 Å². The zero-order valence-electron chi connectivity index (χ0n) is 15.8. The lowest BCUT2D eigenvalue weighted by Crippen LogP contribution is -2.13. The second-order valence-corrected chi connectivity index (χ2v) is 7.67. The van der Waals surface area contributed by atoms with Crippen LogP contribution in [0.1, 0.15) is 71.1 Å². The molecule has 2 aromatic rings. The van der Waals surface area contributed by atoms with Crippen LogP contribution in [0.25, 0.3) is 0 Å². The van der Waals surface area contributed by atoms with Crippen LogP contribution in [0, 0.1) is 26.7 Å². The summed E-state index contributed by atoms with van der Waals surface area (Å²) in [5.41, 5.74) is 5.36. The van der Waals surface area contributed by atoms with Crippen LogP contribution in [0.5, 0.6) is 5.75 Å². The first-order valence-corrected chi connectivity index (χ1v) is 9.34. The van der Waals surface area contributed by atoms with Crippen LogP contribution in [0.3, 0.4) is 0 Å². The van der Waals surface area contributed by atoms with Crippen molar-refractivity contribution < 1.29 is 9.53 Å². The van der Waals surface area contributed by atoms with E-state index in [9.17, 15) is 4.79 Å². The third kappa shape index (κ3) is 4.12. The molecule has 0 aliphatic heterocycles. The summed E-state index contributed by atoms with van der Waals surface area (Å²) in [6.45, 7) is 8.42. The molecule has 0 spiro atoms. The zero-order valence-corrected chi connectivity index (χ0v) is 15.8. The molecule has 0 saturated heterocycles. The van der Waals surface area contributed by atoms with Gasteiger partial charge in [0.1, 0.15) is 5.75 Å². The number of hydrogen-bond acceptors (Lipinski definition) is 2. The van der Waals surface area contributed by atoms with Crippen LogP contribution in [-0.4, -0.2) is 5.97 Å². The Morgan fingerprint density at radius 2 is 1.60 bits per heavy atom. The van der Waals surface area contributed by atoms with Gasteiger partial charge in [-0.3, -0.25) is 0 Å². The number of aryl methyl sites for hydroxylation is 3. The van der Waals surface area contributed by atoms with E-state index in [1.54, 1.807) is 0 Å². The van der Waals surface area contributed by atoms with Crippen LogP contribution < -0.4 is 4.74 Å². The van der Waals surface area contributed by atoms with Gasteiger partial charge in [0.15, 0.2) is 0 Å². The molecule has 0 radical (unpaired) electrons. The number of benzene rings is 2. The predicted octanol–water partition coefficient (Wildman–Crippen LogP) is 6.12. The highest BCUT2D eigenvalue weighted by molar-refractivity contribution is 5.92. The van der Waals surface area contributed by atoms with E-state index < -0.39 is 0 Å². The lowest BCUT2D eigenvalue weighted by atomic mass is 9.79. The summed E-state index contributed by atoms with van der Waals surface area (Å²) >= 11 is 0. The van der Waals surface area contributed by atoms with Gasteiger partial charge in [-0.2, -0.15) is 0 Å². The van der Waals surface area contributed by atoms with E-state index in [2.05, 4.69) is 26.0 Å². The molecule has 0 N–H and O–H groups in total. The molecule has 0 unspecified atom stereocenters. The molecule has 0 amide bonds. The van der Waals surface area contributed by atoms with Crippen LogP contribution in [0.2, 0.25) is 0 Å². The summed E-state index contributed by atoms with van der Waals surface area (Å²) in [6.07, 6.45) is 5.13. The Morgan fingerprint density at radius 3 is 2.24 bits per heavy atom. The van der Waals surface area contributed by atoms with E-state index in [1.165, 1.54) is 36.8 Å². The molecule has 25 heavy (non-hydrogen) atoms. The average Bonchev–Trinajstić information content (AvgIpc) is 2.58. The highest BCUT2D eigenvalue weighted by Gasteiger charge is 2.21. The first kappa shape index (κ1) is 17.7. The summed E-state index contributed by atoms with van der Waals surface area (Å²) in [5, 5.41) is 0. The number of carbonyl (C=O) groups excluding carboxylic acids is 1. The van der Waals surface area contributed by atoms with Crippen molar-refractivity contribution in [2.45, 2.75) is 59.3 Å². The van der Waals surface area contributed by atoms with Gasteiger partial charge in [0.2, 0.25) is 0 Å². The molecule has 2 heteroatoms. The SMILES string of the molecule is Cc1ccc(OC(=O)c2ccc(C3CCC(C)CC3)cc2C)cc1C. The molecule has 0 heterocycles.